The maximum atomic E-state index is 12.3. The maximum Gasteiger partial charge on any atom is 0.226 e. The molecule has 0 radical (unpaired) electrons. The number of halogens is 1. The highest BCUT2D eigenvalue weighted by Gasteiger charge is 2.34. The zero-order chi connectivity index (χ0) is 16.8. The highest BCUT2D eigenvalue weighted by molar-refractivity contribution is 7.10. The lowest BCUT2D eigenvalue weighted by atomic mass is 9.89. The largest absolute Gasteiger partial charge is 0.310 e. The number of aryl methyl sites for hydroxylation is 2. The van der Waals surface area contributed by atoms with Crippen molar-refractivity contribution in [1.29, 1.82) is 0 Å². The Hall–Kier alpha value is -2.25. The van der Waals surface area contributed by atoms with Gasteiger partial charge in [-0.15, -0.1) is 21.5 Å². The Kier molecular flexibility index (Phi) is 3.62. The number of aromatic nitrogens is 4. The van der Waals surface area contributed by atoms with Crippen LogP contribution in [-0.2, 0) is 4.79 Å². The highest BCUT2D eigenvalue weighted by Crippen LogP contribution is 2.42. The third-order valence-electron chi connectivity index (χ3n) is 4.16. The van der Waals surface area contributed by atoms with Gasteiger partial charge in [-0.1, -0.05) is 11.6 Å². The first kappa shape index (κ1) is 15.3. The summed E-state index contributed by atoms with van der Waals surface area (Å²) in [6, 6.07) is 5.46. The molecule has 0 saturated heterocycles. The number of fused-ring (bicyclic) bond motifs is 1. The molecule has 24 heavy (non-hydrogen) atoms. The van der Waals surface area contributed by atoms with E-state index in [-0.39, 0.29) is 11.8 Å². The van der Waals surface area contributed by atoms with Crippen molar-refractivity contribution < 1.29 is 4.79 Å². The third kappa shape index (κ3) is 2.40. The minimum Gasteiger partial charge on any atom is -0.310 e. The first-order valence-electron chi connectivity index (χ1n) is 7.47. The Labute approximate surface area is 147 Å². The van der Waals surface area contributed by atoms with Crippen molar-refractivity contribution in [3.8, 4) is 5.82 Å². The molecule has 4 heterocycles. The zero-order valence-corrected chi connectivity index (χ0v) is 14.6. The van der Waals surface area contributed by atoms with Crippen LogP contribution in [-0.4, -0.2) is 25.9 Å². The molecule has 4 rings (SSSR count). The summed E-state index contributed by atoms with van der Waals surface area (Å²) in [7, 11) is 0. The third-order valence-corrected chi connectivity index (χ3v) is 5.49. The smallest absolute Gasteiger partial charge is 0.226 e. The van der Waals surface area contributed by atoms with Gasteiger partial charge >= 0.3 is 0 Å². The van der Waals surface area contributed by atoms with Gasteiger partial charge in [-0.2, -0.15) is 9.78 Å². The van der Waals surface area contributed by atoms with Crippen LogP contribution in [0.3, 0.4) is 0 Å². The molecule has 0 saturated carbocycles. The molecule has 0 aromatic carbocycles. The first-order valence-corrected chi connectivity index (χ1v) is 8.73. The van der Waals surface area contributed by atoms with Gasteiger partial charge in [-0.05, 0) is 43.0 Å². The monoisotopic (exact) mass is 359 g/mol. The number of thiophene rings is 1. The van der Waals surface area contributed by atoms with Crippen LogP contribution in [0.2, 0.25) is 5.15 Å². The van der Waals surface area contributed by atoms with Gasteiger partial charge in [0.05, 0.1) is 5.69 Å². The molecule has 6 nitrogen and oxygen atoms in total. The lowest BCUT2D eigenvalue weighted by Gasteiger charge is -2.23. The van der Waals surface area contributed by atoms with E-state index in [2.05, 4.69) is 39.0 Å². The average Bonchev–Trinajstić information content (AvgIpc) is 3.11. The molecule has 1 unspecified atom stereocenters. The van der Waals surface area contributed by atoms with Crippen molar-refractivity contribution in [2.75, 3.05) is 5.32 Å². The van der Waals surface area contributed by atoms with E-state index < -0.39 is 0 Å². The molecule has 1 amide bonds. The number of anilines is 1. The lowest BCUT2D eigenvalue weighted by Crippen LogP contribution is -2.25. The number of rotatable bonds is 2. The lowest BCUT2D eigenvalue weighted by molar-refractivity contribution is -0.116. The molecular weight excluding hydrogens is 346 g/mol. The summed E-state index contributed by atoms with van der Waals surface area (Å²) in [5.74, 6) is 1.18. The Bertz CT molecular complexity index is 931. The van der Waals surface area contributed by atoms with Crippen molar-refractivity contribution in [2.45, 2.75) is 26.2 Å². The molecule has 3 aromatic heterocycles. The molecule has 0 fully saturated rings. The van der Waals surface area contributed by atoms with Crippen LogP contribution < -0.4 is 5.32 Å². The summed E-state index contributed by atoms with van der Waals surface area (Å²) in [6.45, 7) is 4.02. The second-order valence-corrected chi connectivity index (χ2v) is 7.08. The summed E-state index contributed by atoms with van der Waals surface area (Å²) in [4.78, 5) is 13.5. The molecule has 1 atom stereocenters. The van der Waals surface area contributed by atoms with Gasteiger partial charge in [-0.3, -0.25) is 4.79 Å². The standard InChI is InChI=1S/C16H14ClN5OS/c1-8-5-6-24-15(8)10-7-13(23)18-16-14(10)9(2)21-22(16)12-4-3-11(17)19-20-12/h3-6,10H,7H2,1-2H3,(H,18,23). The van der Waals surface area contributed by atoms with Crippen LogP contribution in [0.4, 0.5) is 5.82 Å². The molecule has 0 bridgehead atoms. The van der Waals surface area contributed by atoms with Crippen molar-refractivity contribution in [2.24, 2.45) is 0 Å². The Morgan fingerprint density at radius 3 is 2.79 bits per heavy atom. The second kappa shape index (κ2) is 5.68. The average molecular weight is 360 g/mol. The van der Waals surface area contributed by atoms with Gasteiger partial charge < -0.3 is 5.32 Å². The predicted molar refractivity (Wildman–Crippen MR) is 93.0 cm³/mol. The van der Waals surface area contributed by atoms with Gasteiger partial charge in [0, 0.05) is 22.8 Å². The van der Waals surface area contributed by atoms with E-state index in [0.717, 1.165) is 11.3 Å². The van der Waals surface area contributed by atoms with Crippen LogP contribution >= 0.6 is 22.9 Å². The topological polar surface area (TPSA) is 72.7 Å². The summed E-state index contributed by atoms with van der Waals surface area (Å²) in [6.07, 6.45) is 0.424. The quantitative estimate of drug-likeness (QED) is 0.760. The van der Waals surface area contributed by atoms with Crippen molar-refractivity contribution in [3.05, 3.63) is 50.4 Å². The van der Waals surface area contributed by atoms with E-state index in [1.54, 1.807) is 28.2 Å². The number of nitrogens with zero attached hydrogens (tertiary/aromatic N) is 4. The number of nitrogens with one attached hydrogen (secondary N) is 1. The highest BCUT2D eigenvalue weighted by atomic mass is 35.5. The van der Waals surface area contributed by atoms with E-state index in [1.165, 1.54) is 10.4 Å². The first-order chi connectivity index (χ1) is 11.5. The Morgan fingerprint density at radius 2 is 2.12 bits per heavy atom. The van der Waals surface area contributed by atoms with Gasteiger partial charge in [0.2, 0.25) is 5.91 Å². The maximum absolute atomic E-state index is 12.3. The number of hydrogen-bond acceptors (Lipinski definition) is 5. The number of amides is 1. The molecule has 122 valence electrons. The molecule has 0 aliphatic carbocycles. The number of carbonyl (C=O) groups excluding carboxylic acids is 1. The molecule has 1 aliphatic rings. The van der Waals surface area contributed by atoms with E-state index in [4.69, 9.17) is 11.6 Å². The summed E-state index contributed by atoms with van der Waals surface area (Å²) >= 11 is 7.48. The van der Waals surface area contributed by atoms with Crippen molar-refractivity contribution >= 4 is 34.7 Å². The molecule has 3 aromatic rings. The molecule has 0 spiro atoms. The normalized spacial score (nSPS) is 16.8. The second-order valence-electron chi connectivity index (χ2n) is 5.75. The van der Waals surface area contributed by atoms with Crippen LogP contribution in [0.25, 0.3) is 5.82 Å². The van der Waals surface area contributed by atoms with Crippen molar-refractivity contribution in [3.63, 3.8) is 0 Å². The van der Waals surface area contributed by atoms with Crippen LogP contribution in [0, 0.1) is 13.8 Å². The van der Waals surface area contributed by atoms with Gasteiger partial charge in [0.1, 0.15) is 5.82 Å². The Balaban J connectivity index is 1.89. The van der Waals surface area contributed by atoms with Crippen LogP contribution in [0.1, 0.15) is 34.0 Å². The fourth-order valence-corrected chi connectivity index (χ4v) is 4.24. The Morgan fingerprint density at radius 1 is 1.29 bits per heavy atom. The fraction of sp³-hybridized carbons (Fsp3) is 0.250. The fourth-order valence-electron chi connectivity index (χ4n) is 3.10. The zero-order valence-electron chi connectivity index (χ0n) is 13.1. The minimum atomic E-state index is -0.0247. The van der Waals surface area contributed by atoms with E-state index in [9.17, 15) is 4.79 Å². The number of hydrogen-bond donors (Lipinski definition) is 1. The van der Waals surface area contributed by atoms with Crippen LogP contribution in [0.15, 0.2) is 23.6 Å². The molecular formula is C16H14ClN5OS. The summed E-state index contributed by atoms with van der Waals surface area (Å²) in [5, 5.41) is 17.8. The molecule has 8 heteroatoms. The summed E-state index contributed by atoms with van der Waals surface area (Å²) < 4.78 is 1.63. The van der Waals surface area contributed by atoms with Gasteiger partial charge in [0.25, 0.3) is 0 Å². The van der Waals surface area contributed by atoms with E-state index in [0.29, 0.717) is 23.2 Å². The van der Waals surface area contributed by atoms with Gasteiger partial charge in [0.15, 0.2) is 11.0 Å². The van der Waals surface area contributed by atoms with E-state index in [1.807, 2.05) is 6.92 Å². The predicted octanol–water partition coefficient (Wildman–Crippen LogP) is 3.47. The van der Waals surface area contributed by atoms with E-state index >= 15 is 0 Å². The van der Waals surface area contributed by atoms with Crippen molar-refractivity contribution in [1.82, 2.24) is 20.0 Å². The minimum absolute atomic E-state index is 0.0164. The summed E-state index contributed by atoms with van der Waals surface area (Å²) in [5.41, 5.74) is 3.11. The van der Waals surface area contributed by atoms with Crippen LogP contribution in [0.5, 0.6) is 0 Å². The molecule has 1 N–H and O–H groups in total. The number of carbonyl (C=O) groups is 1. The van der Waals surface area contributed by atoms with Gasteiger partial charge in [-0.25, -0.2) is 0 Å². The SMILES string of the molecule is Cc1ccsc1C1CC(=O)Nc2c1c(C)nn2-c1ccc(Cl)nn1. The molecule has 1 aliphatic heterocycles.